The molecule has 0 amide bonds. The number of pyridine rings is 1. The quantitative estimate of drug-likeness (QED) is 0.353. The third kappa shape index (κ3) is 5.03. The second kappa shape index (κ2) is 10.9. The number of nitrogens with one attached hydrogen (secondary N) is 1. The molecule has 3 heterocycles. The molecule has 1 fully saturated rings. The van der Waals surface area contributed by atoms with Crippen LogP contribution in [-0.2, 0) is 19.5 Å². The Balaban J connectivity index is 1.31. The predicted molar refractivity (Wildman–Crippen MR) is 144 cm³/mol. The lowest BCUT2D eigenvalue weighted by molar-refractivity contribution is 0.112. The number of hydrogen-bond acceptors (Lipinski definition) is 7. The van der Waals surface area contributed by atoms with E-state index in [1.165, 1.54) is 18.4 Å². The minimum absolute atomic E-state index is 0.0132. The number of aromatic nitrogens is 5. The molecule has 1 N–H and O–H groups in total. The summed E-state index contributed by atoms with van der Waals surface area (Å²) in [6.07, 6.45) is 6.35. The van der Waals surface area contributed by atoms with Crippen LogP contribution in [0.25, 0.3) is 10.9 Å². The maximum absolute atomic E-state index is 13.3. The summed E-state index contributed by atoms with van der Waals surface area (Å²) in [7, 11) is 0. The number of rotatable bonds is 9. The van der Waals surface area contributed by atoms with Crippen LogP contribution in [-0.4, -0.2) is 49.3 Å². The first-order valence-electron chi connectivity index (χ1n) is 13.7. The van der Waals surface area contributed by atoms with Crippen LogP contribution in [0.4, 0.5) is 0 Å². The van der Waals surface area contributed by atoms with Crippen LogP contribution < -0.4 is 15.0 Å². The molecule has 0 spiro atoms. The first-order valence-corrected chi connectivity index (χ1v) is 13.7. The van der Waals surface area contributed by atoms with Gasteiger partial charge in [0.05, 0.1) is 11.6 Å². The van der Waals surface area contributed by atoms with Gasteiger partial charge in [-0.05, 0) is 53.8 Å². The SMILES string of the molecule is CC[C@@H](c1nnnn1CCc1ccccc1)N(Cc1cc2cc3c(cc2[nH]c1=O)OCCO3)C1CCCC1. The number of tetrazole rings is 1. The average molecular weight is 515 g/mol. The highest BCUT2D eigenvalue weighted by molar-refractivity contribution is 5.83. The van der Waals surface area contributed by atoms with Gasteiger partial charge < -0.3 is 14.5 Å². The normalized spacial score (nSPS) is 16.4. The Labute approximate surface area is 221 Å². The van der Waals surface area contributed by atoms with Crippen LogP contribution in [0.1, 0.15) is 62.0 Å². The van der Waals surface area contributed by atoms with Crippen LogP contribution in [0.3, 0.4) is 0 Å². The van der Waals surface area contributed by atoms with Crippen molar-refractivity contribution in [3.63, 3.8) is 0 Å². The fourth-order valence-electron chi connectivity index (χ4n) is 5.89. The van der Waals surface area contributed by atoms with E-state index >= 15 is 0 Å². The summed E-state index contributed by atoms with van der Waals surface area (Å²) in [6.45, 7) is 4.47. The second-order valence-electron chi connectivity index (χ2n) is 10.2. The maximum Gasteiger partial charge on any atom is 0.252 e. The van der Waals surface area contributed by atoms with Gasteiger partial charge in [-0.25, -0.2) is 4.68 Å². The maximum atomic E-state index is 13.3. The molecule has 0 saturated heterocycles. The van der Waals surface area contributed by atoms with E-state index in [0.29, 0.717) is 38.1 Å². The fourth-order valence-corrected chi connectivity index (χ4v) is 5.89. The number of aromatic amines is 1. The van der Waals surface area contributed by atoms with Crippen LogP contribution in [0.5, 0.6) is 11.5 Å². The standard InChI is InChI=1S/C29H34N6O3/c1-2-25(28-31-32-33-35(28)13-12-20-8-4-3-5-9-20)34(23-10-6-7-11-23)19-22-16-21-17-26-27(38-15-14-37-26)18-24(21)30-29(22)36/h3-5,8-9,16-18,23,25H,2,6-7,10-15,19H2,1H3,(H,30,36)/t25-/m0/s1. The molecule has 2 aromatic carbocycles. The van der Waals surface area contributed by atoms with Crippen molar-refractivity contribution in [1.29, 1.82) is 0 Å². The van der Waals surface area contributed by atoms with Crippen molar-refractivity contribution in [1.82, 2.24) is 30.1 Å². The summed E-state index contributed by atoms with van der Waals surface area (Å²) in [5, 5.41) is 13.9. The lowest BCUT2D eigenvalue weighted by Gasteiger charge is -2.35. The van der Waals surface area contributed by atoms with Crippen molar-refractivity contribution in [3.05, 3.63) is 75.8 Å². The van der Waals surface area contributed by atoms with Crippen molar-refractivity contribution in [2.24, 2.45) is 0 Å². The molecule has 9 nitrogen and oxygen atoms in total. The third-order valence-corrected chi connectivity index (χ3v) is 7.83. The molecule has 1 atom stereocenters. The second-order valence-corrected chi connectivity index (χ2v) is 10.2. The molecule has 1 aliphatic carbocycles. The van der Waals surface area contributed by atoms with Crippen molar-refractivity contribution >= 4 is 10.9 Å². The average Bonchev–Trinajstić information content (AvgIpc) is 3.64. The van der Waals surface area contributed by atoms with Gasteiger partial charge in [-0.15, -0.1) is 5.10 Å². The highest BCUT2D eigenvalue weighted by Gasteiger charge is 2.32. The molecule has 2 aliphatic rings. The fraction of sp³-hybridized carbons (Fsp3) is 0.448. The van der Waals surface area contributed by atoms with Gasteiger partial charge in [0.25, 0.3) is 5.56 Å². The van der Waals surface area contributed by atoms with Crippen molar-refractivity contribution in [2.45, 2.75) is 70.6 Å². The van der Waals surface area contributed by atoms with E-state index in [9.17, 15) is 4.79 Å². The largest absolute Gasteiger partial charge is 0.486 e. The summed E-state index contributed by atoms with van der Waals surface area (Å²) in [5.74, 6) is 2.26. The third-order valence-electron chi connectivity index (χ3n) is 7.83. The molecule has 0 radical (unpaired) electrons. The summed E-state index contributed by atoms with van der Waals surface area (Å²) < 4.78 is 13.4. The molecule has 6 rings (SSSR count). The zero-order valence-electron chi connectivity index (χ0n) is 21.8. The van der Waals surface area contributed by atoms with Crippen molar-refractivity contribution < 1.29 is 9.47 Å². The highest BCUT2D eigenvalue weighted by Crippen LogP contribution is 2.36. The number of nitrogens with zero attached hydrogens (tertiary/aromatic N) is 5. The smallest absolute Gasteiger partial charge is 0.252 e. The molecule has 198 valence electrons. The molecule has 0 bridgehead atoms. The summed E-state index contributed by atoms with van der Waals surface area (Å²) in [4.78, 5) is 18.8. The molecule has 1 aliphatic heterocycles. The zero-order chi connectivity index (χ0) is 25.9. The van der Waals surface area contributed by atoms with Crippen LogP contribution in [0.15, 0.2) is 53.3 Å². The number of H-pyrrole nitrogens is 1. The first kappa shape index (κ1) is 24.6. The van der Waals surface area contributed by atoms with Crippen LogP contribution in [0, 0.1) is 0 Å². The van der Waals surface area contributed by atoms with E-state index in [1.54, 1.807) is 0 Å². The number of hydrogen-bond donors (Lipinski definition) is 1. The van der Waals surface area contributed by atoms with E-state index in [-0.39, 0.29) is 11.6 Å². The van der Waals surface area contributed by atoms with Gasteiger partial charge in [-0.3, -0.25) is 9.69 Å². The van der Waals surface area contributed by atoms with Gasteiger partial charge >= 0.3 is 0 Å². The van der Waals surface area contributed by atoms with Crippen LogP contribution >= 0.6 is 0 Å². The lowest BCUT2D eigenvalue weighted by Crippen LogP contribution is -2.39. The van der Waals surface area contributed by atoms with Gasteiger partial charge in [0.15, 0.2) is 17.3 Å². The Bertz CT molecular complexity index is 1440. The number of ether oxygens (including phenoxy) is 2. The van der Waals surface area contributed by atoms with Gasteiger partial charge in [-0.1, -0.05) is 50.1 Å². The first-order chi connectivity index (χ1) is 18.7. The molecule has 1 saturated carbocycles. The Hall–Kier alpha value is -3.72. The van der Waals surface area contributed by atoms with Gasteiger partial charge in [-0.2, -0.15) is 0 Å². The Morgan fingerprint density at radius 1 is 1.08 bits per heavy atom. The number of aryl methyl sites for hydroxylation is 2. The van der Waals surface area contributed by atoms with E-state index in [0.717, 1.165) is 53.7 Å². The molecule has 38 heavy (non-hydrogen) atoms. The van der Waals surface area contributed by atoms with E-state index in [4.69, 9.17) is 9.47 Å². The Morgan fingerprint density at radius 3 is 2.61 bits per heavy atom. The highest BCUT2D eigenvalue weighted by atomic mass is 16.6. The van der Waals surface area contributed by atoms with Gasteiger partial charge in [0.2, 0.25) is 0 Å². The molecule has 2 aromatic heterocycles. The number of fused-ring (bicyclic) bond motifs is 2. The monoisotopic (exact) mass is 514 g/mol. The predicted octanol–water partition coefficient (Wildman–Crippen LogP) is 4.42. The van der Waals surface area contributed by atoms with Crippen molar-refractivity contribution in [3.8, 4) is 11.5 Å². The van der Waals surface area contributed by atoms with Crippen molar-refractivity contribution in [2.75, 3.05) is 13.2 Å². The van der Waals surface area contributed by atoms with E-state index < -0.39 is 0 Å². The van der Waals surface area contributed by atoms with E-state index in [2.05, 4.69) is 56.6 Å². The Morgan fingerprint density at radius 2 is 1.84 bits per heavy atom. The Kier molecular flexibility index (Phi) is 7.09. The number of benzene rings is 2. The van der Waals surface area contributed by atoms with Gasteiger partial charge in [0.1, 0.15) is 13.2 Å². The minimum atomic E-state index is -0.0734. The molecular formula is C29H34N6O3. The van der Waals surface area contributed by atoms with Crippen LogP contribution in [0.2, 0.25) is 0 Å². The minimum Gasteiger partial charge on any atom is -0.486 e. The molecule has 4 aromatic rings. The topological polar surface area (TPSA) is 98.2 Å². The molecule has 9 heteroatoms. The summed E-state index contributed by atoms with van der Waals surface area (Å²) >= 11 is 0. The molecule has 0 unspecified atom stereocenters. The van der Waals surface area contributed by atoms with E-state index in [1.807, 2.05) is 28.9 Å². The van der Waals surface area contributed by atoms with Gasteiger partial charge in [0, 0.05) is 36.1 Å². The summed E-state index contributed by atoms with van der Waals surface area (Å²) in [6, 6.07) is 16.6. The lowest BCUT2D eigenvalue weighted by atomic mass is 10.0. The zero-order valence-corrected chi connectivity index (χ0v) is 21.8. The molecular weight excluding hydrogens is 480 g/mol. The summed E-state index contributed by atoms with van der Waals surface area (Å²) in [5.41, 5.74) is 2.68.